The van der Waals surface area contributed by atoms with Crippen molar-refractivity contribution < 1.29 is 19.8 Å². The summed E-state index contributed by atoms with van der Waals surface area (Å²) in [5.74, 6) is -2.15. The first-order valence-electron chi connectivity index (χ1n) is 12.9. The van der Waals surface area contributed by atoms with Gasteiger partial charge in [0.2, 0.25) is 0 Å². The molecule has 0 unspecified atom stereocenters. The lowest BCUT2D eigenvalue weighted by Gasteiger charge is -2.13. The van der Waals surface area contributed by atoms with Gasteiger partial charge < -0.3 is 30.8 Å². The fourth-order valence-corrected chi connectivity index (χ4v) is 4.62. The highest BCUT2D eigenvalue weighted by Gasteiger charge is 2.11. The molecule has 2 aromatic heterocycles. The van der Waals surface area contributed by atoms with E-state index in [1.165, 1.54) is 44.1 Å². The van der Waals surface area contributed by atoms with Crippen molar-refractivity contribution in [3.05, 3.63) is 84.2 Å². The zero-order chi connectivity index (χ0) is 26.7. The summed E-state index contributed by atoms with van der Waals surface area (Å²) < 4.78 is 0. The van der Waals surface area contributed by atoms with Crippen LogP contribution in [0.25, 0.3) is 33.0 Å². The Morgan fingerprint density at radius 1 is 0.658 bits per heavy atom. The molecule has 0 aliphatic carbocycles. The number of rotatable bonds is 5. The van der Waals surface area contributed by atoms with Gasteiger partial charge in [-0.15, -0.1) is 0 Å². The van der Waals surface area contributed by atoms with Crippen molar-refractivity contribution in [2.24, 2.45) is 0 Å². The summed E-state index contributed by atoms with van der Waals surface area (Å²) in [4.78, 5) is 25.9. The number of benzene rings is 2. The van der Waals surface area contributed by atoms with Crippen LogP contribution >= 0.6 is 0 Å². The highest BCUT2D eigenvalue weighted by atomic mass is 16.4. The number of hydrogen-bond donors (Lipinski definition) is 6. The Kier molecular flexibility index (Phi) is 9.50. The maximum absolute atomic E-state index is 9.64. The summed E-state index contributed by atoms with van der Waals surface area (Å²) in [5, 5.41) is 25.2. The molecule has 0 fully saturated rings. The van der Waals surface area contributed by atoms with Gasteiger partial charge in [-0.05, 0) is 49.2 Å². The summed E-state index contributed by atoms with van der Waals surface area (Å²) in [6.07, 6.45) is 10.5. The molecule has 2 aliphatic heterocycles. The molecule has 0 saturated carbocycles. The van der Waals surface area contributed by atoms with E-state index in [0.717, 1.165) is 39.0 Å². The number of para-hydroxylation sites is 2. The van der Waals surface area contributed by atoms with E-state index in [2.05, 4.69) is 93.7 Å². The standard InChI is InChI=1S/2C13H14N2.C4H6O4/c2*1-2-4-13-11(3-1)12(9-15-13)10-5-7-14-8-6-10;5-3(6)1-2-4(7)8/h2*1-5,9,14-15H,6-8H2;1-2H2,(H,5,6)(H,7,8). The van der Waals surface area contributed by atoms with Crippen LogP contribution in [0.2, 0.25) is 0 Å². The van der Waals surface area contributed by atoms with Crippen molar-refractivity contribution in [3.8, 4) is 0 Å². The minimum absolute atomic E-state index is 0.296. The van der Waals surface area contributed by atoms with Gasteiger partial charge in [0.05, 0.1) is 12.8 Å². The Bertz CT molecular complexity index is 1340. The smallest absolute Gasteiger partial charge is 0.303 e. The lowest BCUT2D eigenvalue weighted by atomic mass is 10.00. The van der Waals surface area contributed by atoms with E-state index in [4.69, 9.17) is 10.2 Å². The van der Waals surface area contributed by atoms with E-state index >= 15 is 0 Å². The number of aliphatic carboxylic acids is 2. The van der Waals surface area contributed by atoms with Crippen LogP contribution in [-0.4, -0.2) is 58.3 Å². The first-order valence-corrected chi connectivity index (χ1v) is 12.9. The molecule has 0 atom stereocenters. The van der Waals surface area contributed by atoms with Crippen molar-refractivity contribution in [1.29, 1.82) is 0 Å². The van der Waals surface area contributed by atoms with E-state index in [-0.39, 0.29) is 12.8 Å². The number of carboxylic acid groups (broad SMARTS) is 2. The van der Waals surface area contributed by atoms with Gasteiger partial charge in [-0.3, -0.25) is 9.59 Å². The largest absolute Gasteiger partial charge is 0.481 e. The summed E-state index contributed by atoms with van der Waals surface area (Å²) in [5.41, 5.74) is 8.12. The Balaban J connectivity index is 0.000000140. The third-order valence-corrected chi connectivity index (χ3v) is 6.55. The van der Waals surface area contributed by atoms with Gasteiger partial charge in [0.25, 0.3) is 0 Å². The summed E-state index contributed by atoms with van der Waals surface area (Å²) in [6, 6.07) is 17.0. The second-order valence-corrected chi connectivity index (χ2v) is 9.15. The fraction of sp³-hybridized carbons (Fsp3) is 0.267. The third-order valence-electron chi connectivity index (χ3n) is 6.55. The van der Waals surface area contributed by atoms with E-state index in [1.807, 2.05) is 0 Å². The van der Waals surface area contributed by atoms with E-state index in [0.29, 0.717) is 0 Å². The fourth-order valence-electron chi connectivity index (χ4n) is 4.62. The van der Waals surface area contributed by atoms with E-state index < -0.39 is 11.9 Å². The summed E-state index contributed by atoms with van der Waals surface area (Å²) in [7, 11) is 0. The van der Waals surface area contributed by atoms with Crippen molar-refractivity contribution in [2.75, 3.05) is 26.2 Å². The minimum atomic E-state index is -1.08. The maximum Gasteiger partial charge on any atom is 0.303 e. The number of hydrogen-bond acceptors (Lipinski definition) is 4. The second kappa shape index (κ2) is 13.4. The van der Waals surface area contributed by atoms with Crippen LogP contribution < -0.4 is 10.6 Å². The number of H-pyrrole nitrogens is 2. The van der Waals surface area contributed by atoms with Gasteiger partial charge in [-0.25, -0.2) is 0 Å². The Morgan fingerprint density at radius 2 is 1.08 bits per heavy atom. The molecule has 8 nitrogen and oxygen atoms in total. The number of carboxylic acids is 2. The molecule has 2 aromatic carbocycles. The van der Waals surface area contributed by atoms with Crippen LogP contribution in [0.1, 0.15) is 36.8 Å². The number of nitrogens with one attached hydrogen (secondary N) is 4. The molecule has 2 aliphatic rings. The minimum Gasteiger partial charge on any atom is -0.481 e. The molecule has 8 heteroatoms. The number of carbonyl (C=O) groups is 2. The molecule has 38 heavy (non-hydrogen) atoms. The molecule has 0 amide bonds. The molecule has 4 heterocycles. The average Bonchev–Trinajstić information content (AvgIpc) is 3.58. The lowest BCUT2D eigenvalue weighted by molar-refractivity contribution is -0.143. The average molecular weight is 515 g/mol. The van der Waals surface area contributed by atoms with Crippen LogP contribution in [0.15, 0.2) is 73.1 Å². The number of fused-ring (bicyclic) bond motifs is 2. The first-order chi connectivity index (χ1) is 18.5. The van der Waals surface area contributed by atoms with Gasteiger partial charge in [0.1, 0.15) is 0 Å². The zero-order valence-electron chi connectivity index (χ0n) is 21.3. The molecule has 0 bridgehead atoms. The quantitative estimate of drug-likeness (QED) is 0.222. The molecule has 0 saturated heterocycles. The molecule has 6 rings (SSSR count). The topological polar surface area (TPSA) is 130 Å². The van der Waals surface area contributed by atoms with Crippen molar-refractivity contribution in [3.63, 3.8) is 0 Å². The molecule has 6 N–H and O–H groups in total. The molecule has 198 valence electrons. The summed E-state index contributed by atoms with van der Waals surface area (Å²) >= 11 is 0. The number of aromatic amines is 2. The Labute approximate surface area is 221 Å². The number of aromatic nitrogens is 2. The first kappa shape index (κ1) is 26.9. The highest BCUT2D eigenvalue weighted by Crippen LogP contribution is 2.28. The summed E-state index contributed by atoms with van der Waals surface area (Å²) in [6.45, 7) is 4.17. The van der Waals surface area contributed by atoms with Gasteiger partial charge in [0, 0.05) is 58.4 Å². The van der Waals surface area contributed by atoms with Gasteiger partial charge in [-0.2, -0.15) is 0 Å². The molecular formula is C30H34N4O4. The SMILES string of the molecule is C1=C(c2c[nH]c3ccccc23)CCNC1.C1=C(c2c[nH]c3ccccc23)CCNC1.O=C(O)CCC(=O)O. The van der Waals surface area contributed by atoms with Gasteiger partial charge in [-0.1, -0.05) is 48.6 Å². The molecular weight excluding hydrogens is 480 g/mol. The van der Waals surface area contributed by atoms with Crippen LogP contribution in [0.4, 0.5) is 0 Å². The van der Waals surface area contributed by atoms with Crippen molar-refractivity contribution in [2.45, 2.75) is 25.7 Å². The normalized spacial score (nSPS) is 14.9. The predicted molar refractivity (Wildman–Crippen MR) is 152 cm³/mol. The Hall–Kier alpha value is -4.14. The van der Waals surface area contributed by atoms with Crippen LogP contribution in [0, 0.1) is 0 Å². The van der Waals surface area contributed by atoms with E-state index in [9.17, 15) is 9.59 Å². The molecule has 0 radical (unpaired) electrons. The van der Waals surface area contributed by atoms with Crippen LogP contribution in [-0.2, 0) is 9.59 Å². The maximum atomic E-state index is 9.64. The van der Waals surface area contributed by atoms with Crippen LogP contribution in [0.3, 0.4) is 0 Å². The zero-order valence-corrected chi connectivity index (χ0v) is 21.3. The predicted octanol–water partition coefficient (Wildman–Crippen LogP) is 5.03. The van der Waals surface area contributed by atoms with Gasteiger partial charge in [0.15, 0.2) is 0 Å². The second-order valence-electron chi connectivity index (χ2n) is 9.15. The van der Waals surface area contributed by atoms with Gasteiger partial charge >= 0.3 is 11.9 Å². The van der Waals surface area contributed by atoms with Crippen molar-refractivity contribution >= 4 is 44.9 Å². The van der Waals surface area contributed by atoms with Crippen LogP contribution in [0.5, 0.6) is 0 Å². The lowest BCUT2D eigenvalue weighted by Crippen LogP contribution is -2.19. The third kappa shape index (κ3) is 7.21. The van der Waals surface area contributed by atoms with E-state index in [1.54, 1.807) is 0 Å². The highest BCUT2D eigenvalue weighted by molar-refractivity contribution is 5.93. The molecule has 0 spiro atoms. The Morgan fingerprint density at radius 3 is 1.45 bits per heavy atom. The monoisotopic (exact) mass is 514 g/mol. The molecule has 4 aromatic rings. The van der Waals surface area contributed by atoms with Crippen molar-refractivity contribution in [1.82, 2.24) is 20.6 Å².